The summed E-state index contributed by atoms with van der Waals surface area (Å²) < 4.78 is 2.64. The van der Waals surface area contributed by atoms with Crippen LogP contribution >= 0.6 is 0 Å². The first kappa shape index (κ1) is 16.2. The van der Waals surface area contributed by atoms with Gasteiger partial charge in [-0.25, -0.2) is 0 Å². The number of nitrogens with zero attached hydrogens (tertiary/aromatic N) is 3. The van der Waals surface area contributed by atoms with E-state index in [2.05, 4.69) is 45.6 Å². The number of para-hydroxylation sites is 1. The average molecular weight is 326 g/mol. The first-order chi connectivity index (χ1) is 11.9. The van der Waals surface area contributed by atoms with Crippen LogP contribution in [-0.4, -0.2) is 47.1 Å². The van der Waals surface area contributed by atoms with E-state index in [0.717, 1.165) is 13.1 Å². The molecule has 0 unspecified atom stereocenters. The van der Waals surface area contributed by atoms with E-state index in [1.807, 2.05) is 0 Å². The number of aromatic nitrogens is 1. The molecule has 0 saturated carbocycles. The minimum atomic E-state index is 1.14. The van der Waals surface area contributed by atoms with Gasteiger partial charge in [0.05, 0.1) is 0 Å². The smallest absolute Gasteiger partial charge is 0.0486 e. The molecular formula is C21H31N3. The Morgan fingerprint density at radius 3 is 2.54 bits per heavy atom. The second-order valence-corrected chi connectivity index (χ2v) is 7.52. The molecule has 1 aromatic heterocycles. The Labute approximate surface area is 146 Å². The van der Waals surface area contributed by atoms with Crippen LogP contribution in [0.1, 0.15) is 43.9 Å². The molecule has 2 aromatic rings. The van der Waals surface area contributed by atoms with Crippen LogP contribution < -0.4 is 0 Å². The van der Waals surface area contributed by atoms with Gasteiger partial charge in [-0.15, -0.1) is 0 Å². The summed E-state index contributed by atoms with van der Waals surface area (Å²) in [6.45, 7) is 10.8. The maximum absolute atomic E-state index is 2.66. The third kappa shape index (κ3) is 3.12. The molecule has 0 bridgehead atoms. The van der Waals surface area contributed by atoms with Crippen LogP contribution in [0.5, 0.6) is 0 Å². The molecule has 24 heavy (non-hydrogen) atoms. The summed E-state index contributed by atoms with van der Waals surface area (Å²) in [4.78, 5) is 5.29. The lowest BCUT2D eigenvalue weighted by molar-refractivity contribution is 0.218. The standard InChI is InChI=1S/C21H31N3/c1-2-11-23-14-10-21-19(17-23)18-8-4-5-9-20(18)24(21)16-15-22-12-6-3-7-13-22/h4-5,8-9H,2-3,6-7,10-17H2,1H3. The van der Waals surface area contributed by atoms with Crippen molar-refractivity contribution >= 4 is 10.9 Å². The monoisotopic (exact) mass is 325 g/mol. The summed E-state index contributed by atoms with van der Waals surface area (Å²) in [5.41, 5.74) is 4.67. The molecule has 130 valence electrons. The van der Waals surface area contributed by atoms with Gasteiger partial charge in [0, 0.05) is 49.2 Å². The van der Waals surface area contributed by atoms with Crippen LogP contribution in [0.2, 0.25) is 0 Å². The average Bonchev–Trinajstić information content (AvgIpc) is 2.95. The Kier molecular flexibility index (Phi) is 4.91. The number of benzene rings is 1. The Morgan fingerprint density at radius 1 is 0.875 bits per heavy atom. The van der Waals surface area contributed by atoms with Gasteiger partial charge in [-0.1, -0.05) is 31.5 Å². The third-order valence-corrected chi connectivity index (χ3v) is 5.87. The second-order valence-electron chi connectivity index (χ2n) is 7.52. The van der Waals surface area contributed by atoms with E-state index < -0.39 is 0 Å². The van der Waals surface area contributed by atoms with Crippen molar-refractivity contribution in [2.24, 2.45) is 0 Å². The molecule has 4 rings (SSSR count). The number of hydrogen-bond donors (Lipinski definition) is 0. The van der Waals surface area contributed by atoms with Gasteiger partial charge in [-0.3, -0.25) is 4.90 Å². The first-order valence-corrected chi connectivity index (χ1v) is 9.90. The fraction of sp³-hybridized carbons (Fsp3) is 0.619. The largest absolute Gasteiger partial charge is 0.343 e. The van der Waals surface area contributed by atoms with Crippen LogP contribution in [0, 0.1) is 0 Å². The molecule has 0 spiro atoms. The van der Waals surface area contributed by atoms with Crippen molar-refractivity contribution in [2.45, 2.75) is 52.1 Å². The first-order valence-electron chi connectivity index (χ1n) is 9.90. The minimum absolute atomic E-state index is 1.14. The number of rotatable bonds is 5. The van der Waals surface area contributed by atoms with E-state index in [4.69, 9.17) is 0 Å². The molecule has 0 atom stereocenters. The van der Waals surface area contributed by atoms with Gasteiger partial charge in [0.15, 0.2) is 0 Å². The van der Waals surface area contributed by atoms with Crippen molar-refractivity contribution in [1.29, 1.82) is 0 Å². The molecule has 2 aliphatic heterocycles. The highest BCUT2D eigenvalue weighted by atomic mass is 15.2. The molecule has 0 aliphatic carbocycles. The van der Waals surface area contributed by atoms with Crippen molar-refractivity contribution in [1.82, 2.24) is 14.4 Å². The SMILES string of the molecule is CCCN1CCc2c(c3ccccc3n2CCN2CCCCC2)C1. The lowest BCUT2D eigenvalue weighted by Gasteiger charge is -2.29. The topological polar surface area (TPSA) is 11.4 Å². The molecule has 1 aromatic carbocycles. The fourth-order valence-electron chi connectivity index (χ4n) is 4.64. The third-order valence-electron chi connectivity index (χ3n) is 5.87. The van der Waals surface area contributed by atoms with Crippen molar-refractivity contribution < 1.29 is 0 Å². The molecule has 3 heterocycles. The highest BCUT2D eigenvalue weighted by molar-refractivity contribution is 5.85. The van der Waals surface area contributed by atoms with Crippen LogP contribution in [-0.2, 0) is 19.5 Å². The normalized spacial score (nSPS) is 19.7. The Morgan fingerprint density at radius 2 is 1.71 bits per heavy atom. The summed E-state index contributed by atoms with van der Waals surface area (Å²) in [5, 5.41) is 1.49. The molecule has 2 aliphatic rings. The minimum Gasteiger partial charge on any atom is -0.343 e. The zero-order valence-corrected chi connectivity index (χ0v) is 15.1. The van der Waals surface area contributed by atoms with Crippen molar-refractivity contribution in [3.05, 3.63) is 35.5 Å². The zero-order chi connectivity index (χ0) is 16.4. The van der Waals surface area contributed by atoms with Crippen LogP contribution in [0.15, 0.2) is 24.3 Å². The Hall–Kier alpha value is -1.32. The van der Waals surface area contributed by atoms with E-state index in [1.165, 1.54) is 75.7 Å². The van der Waals surface area contributed by atoms with Gasteiger partial charge in [0.2, 0.25) is 0 Å². The predicted octanol–water partition coefficient (Wildman–Crippen LogP) is 3.90. The van der Waals surface area contributed by atoms with E-state index in [-0.39, 0.29) is 0 Å². The second kappa shape index (κ2) is 7.28. The van der Waals surface area contributed by atoms with Gasteiger partial charge < -0.3 is 9.47 Å². The number of fused-ring (bicyclic) bond motifs is 3. The van der Waals surface area contributed by atoms with Crippen LogP contribution in [0.4, 0.5) is 0 Å². The highest BCUT2D eigenvalue weighted by Crippen LogP contribution is 2.31. The molecule has 0 radical (unpaired) electrons. The number of likely N-dealkylation sites (tertiary alicyclic amines) is 1. The van der Waals surface area contributed by atoms with Gasteiger partial charge in [-0.05, 0) is 50.5 Å². The molecule has 1 saturated heterocycles. The predicted molar refractivity (Wildman–Crippen MR) is 102 cm³/mol. The van der Waals surface area contributed by atoms with E-state index in [1.54, 1.807) is 11.3 Å². The van der Waals surface area contributed by atoms with Crippen molar-refractivity contribution in [2.75, 3.05) is 32.7 Å². The molecule has 0 N–H and O–H groups in total. The van der Waals surface area contributed by atoms with Crippen LogP contribution in [0.3, 0.4) is 0 Å². The van der Waals surface area contributed by atoms with Crippen LogP contribution in [0.25, 0.3) is 10.9 Å². The zero-order valence-electron chi connectivity index (χ0n) is 15.1. The number of piperidine rings is 1. The lowest BCUT2D eigenvalue weighted by Crippen LogP contribution is -2.34. The maximum Gasteiger partial charge on any atom is 0.0486 e. The Bertz CT molecular complexity index is 682. The van der Waals surface area contributed by atoms with E-state index >= 15 is 0 Å². The van der Waals surface area contributed by atoms with Gasteiger partial charge >= 0.3 is 0 Å². The van der Waals surface area contributed by atoms with E-state index in [9.17, 15) is 0 Å². The van der Waals surface area contributed by atoms with Crippen molar-refractivity contribution in [3.63, 3.8) is 0 Å². The van der Waals surface area contributed by atoms with Gasteiger partial charge in [0.1, 0.15) is 0 Å². The molecule has 3 nitrogen and oxygen atoms in total. The van der Waals surface area contributed by atoms with Crippen molar-refractivity contribution in [3.8, 4) is 0 Å². The summed E-state index contributed by atoms with van der Waals surface area (Å²) in [5.74, 6) is 0. The Balaban J connectivity index is 1.60. The summed E-state index contributed by atoms with van der Waals surface area (Å²) in [6.07, 6.45) is 6.66. The molecule has 3 heteroatoms. The summed E-state index contributed by atoms with van der Waals surface area (Å²) in [6, 6.07) is 9.07. The van der Waals surface area contributed by atoms with E-state index in [0.29, 0.717) is 0 Å². The van der Waals surface area contributed by atoms with Gasteiger partial charge in [0.25, 0.3) is 0 Å². The number of hydrogen-bond acceptors (Lipinski definition) is 2. The lowest BCUT2D eigenvalue weighted by atomic mass is 10.0. The molecular weight excluding hydrogens is 294 g/mol. The van der Waals surface area contributed by atoms with Gasteiger partial charge in [-0.2, -0.15) is 0 Å². The highest BCUT2D eigenvalue weighted by Gasteiger charge is 2.23. The summed E-state index contributed by atoms with van der Waals surface area (Å²) >= 11 is 0. The summed E-state index contributed by atoms with van der Waals surface area (Å²) in [7, 11) is 0. The quantitative estimate of drug-likeness (QED) is 0.826. The maximum atomic E-state index is 2.66. The molecule has 0 amide bonds. The fourth-order valence-corrected chi connectivity index (χ4v) is 4.64. The molecule has 1 fully saturated rings.